The maximum Gasteiger partial charge on any atom is 0.156 e. The van der Waals surface area contributed by atoms with Crippen molar-refractivity contribution in [3.63, 3.8) is 0 Å². The molecular weight excluding hydrogens is 339 g/mol. The molecule has 0 spiro atoms. The van der Waals surface area contributed by atoms with E-state index in [1.165, 1.54) is 23.5 Å². The van der Waals surface area contributed by atoms with Gasteiger partial charge in [-0.1, -0.05) is 11.3 Å². The Hall–Kier alpha value is -2.58. The minimum Gasteiger partial charge on any atom is -0.367 e. The standard InChI is InChI=1S/C17H17FN6S/c1-19-7-8-20-15-12-14(24(2)9-21-12)13-17(23-15)25-16(22-13)10-3-5-11(18)6-4-10/h3-6,9,19H,7-8H2,1-2H3,(H,20,23). The Morgan fingerprint density at radius 1 is 1.12 bits per heavy atom. The molecule has 0 saturated heterocycles. The van der Waals surface area contributed by atoms with Gasteiger partial charge < -0.3 is 15.2 Å². The lowest BCUT2D eigenvalue weighted by Gasteiger charge is -2.06. The normalized spacial score (nSPS) is 11.5. The summed E-state index contributed by atoms with van der Waals surface area (Å²) in [5.74, 6) is 0.501. The molecule has 3 heterocycles. The molecule has 4 aromatic rings. The molecule has 0 aliphatic carbocycles. The molecule has 0 bridgehead atoms. The number of thiazole rings is 1. The van der Waals surface area contributed by atoms with E-state index in [0.717, 1.165) is 50.9 Å². The summed E-state index contributed by atoms with van der Waals surface area (Å²) in [6.07, 6.45) is 1.77. The number of aromatic nitrogens is 4. The fourth-order valence-corrected chi connectivity index (χ4v) is 3.67. The lowest BCUT2D eigenvalue weighted by molar-refractivity contribution is 0.628. The maximum atomic E-state index is 13.2. The Kier molecular flexibility index (Phi) is 4.06. The van der Waals surface area contributed by atoms with Gasteiger partial charge in [-0.15, -0.1) is 0 Å². The van der Waals surface area contributed by atoms with E-state index >= 15 is 0 Å². The molecule has 3 aromatic heterocycles. The second kappa shape index (κ2) is 6.38. The van der Waals surface area contributed by atoms with Crippen LogP contribution >= 0.6 is 11.3 Å². The lowest BCUT2D eigenvalue weighted by atomic mass is 10.2. The summed E-state index contributed by atoms with van der Waals surface area (Å²) >= 11 is 1.50. The highest BCUT2D eigenvalue weighted by Gasteiger charge is 2.17. The van der Waals surface area contributed by atoms with Gasteiger partial charge in [0.05, 0.1) is 6.33 Å². The molecule has 0 radical (unpaired) electrons. The number of rotatable bonds is 5. The van der Waals surface area contributed by atoms with E-state index in [1.807, 2.05) is 18.7 Å². The molecule has 1 aromatic carbocycles. The summed E-state index contributed by atoms with van der Waals surface area (Å²) in [5, 5.41) is 7.25. The van der Waals surface area contributed by atoms with Crippen LogP contribution in [0.15, 0.2) is 30.6 Å². The average Bonchev–Trinajstić information content (AvgIpc) is 3.19. The zero-order valence-corrected chi connectivity index (χ0v) is 14.7. The first-order valence-electron chi connectivity index (χ1n) is 7.93. The maximum absolute atomic E-state index is 13.2. The zero-order chi connectivity index (χ0) is 17.4. The Balaban J connectivity index is 1.87. The third-order valence-electron chi connectivity index (χ3n) is 3.97. The molecule has 8 heteroatoms. The number of nitrogens with zero attached hydrogens (tertiary/aromatic N) is 4. The fourth-order valence-electron chi connectivity index (χ4n) is 2.72. The van der Waals surface area contributed by atoms with Gasteiger partial charge in [0.15, 0.2) is 5.82 Å². The molecule has 128 valence electrons. The van der Waals surface area contributed by atoms with Crippen molar-refractivity contribution < 1.29 is 4.39 Å². The molecule has 0 unspecified atom stereocenters. The van der Waals surface area contributed by atoms with Crippen molar-refractivity contribution in [2.75, 3.05) is 25.5 Å². The van der Waals surface area contributed by atoms with E-state index in [2.05, 4.69) is 15.6 Å². The first-order chi connectivity index (χ1) is 12.2. The Morgan fingerprint density at radius 2 is 1.92 bits per heavy atom. The first kappa shape index (κ1) is 15.9. The Labute approximate surface area is 147 Å². The number of hydrogen-bond donors (Lipinski definition) is 2. The van der Waals surface area contributed by atoms with Crippen molar-refractivity contribution in [2.45, 2.75) is 0 Å². The molecule has 0 amide bonds. The number of benzene rings is 1. The summed E-state index contributed by atoms with van der Waals surface area (Å²) in [5.41, 5.74) is 3.45. The van der Waals surface area contributed by atoms with Crippen LogP contribution in [-0.2, 0) is 7.05 Å². The van der Waals surface area contributed by atoms with Gasteiger partial charge in [0.25, 0.3) is 0 Å². The summed E-state index contributed by atoms with van der Waals surface area (Å²) in [6.45, 7) is 1.59. The van der Waals surface area contributed by atoms with E-state index in [0.29, 0.717) is 0 Å². The van der Waals surface area contributed by atoms with Crippen LogP contribution in [0.2, 0.25) is 0 Å². The molecule has 4 rings (SSSR count). The third-order valence-corrected chi connectivity index (χ3v) is 4.97. The van der Waals surface area contributed by atoms with Crippen molar-refractivity contribution in [3.8, 4) is 10.6 Å². The first-order valence-corrected chi connectivity index (χ1v) is 8.75. The average molecular weight is 356 g/mol. The summed E-state index contributed by atoms with van der Waals surface area (Å²) in [6, 6.07) is 6.36. The van der Waals surface area contributed by atoms with Crippen LogP contribution in [-0.4, -0.2) is 39.7 Å². The molecule has 0 atom stereocenters. The van der Waals surface area contributed by atoms with E-state index < -0.39 is 0 Å². The van der Waals surface area contributed by atoms with Gasteiger partial charge >= 0.3 is 0 Å². The fraction of sp³-hybridized carbons (Fsp3) is 0.235. The minimum atomic E-state index is -0.256. The molecule has 2 N–H and O–H groups in total. The highest BCUT2D eigenvalue weighted by molar-refractivity contribution is 7.21. The van der Waals surface area contributed by atoms with Gasteiger partial charge in [0.2, 0.25) is 0 Å². The van der Waals surface area contributed by atoms with Crippen molar-refractivity contribution in [1.82, 2.24) is 24.8 Å². The number of fused-ring (bicyclic) bond motifs is 3. The number of nitrogens with one attached hydrogen (secondary N) is 2. The second-order valence-electron chi connectivity index (χ2n) is 5.72. The number of aryl methyl sites for hydroxylation is 1. The number of imidazole rings is 1. The summed E-state index contributed by atoms with van der Waals surface area (Å²) in [4.78, 5) is 14.8. The highest BCUT2D eigenvalue weighted by atomic mass is 32.1. The third kappa shape index (κ3) is 2.83. The van der Waals surface area contributed by atoms with Crippen LogP contribution in [0.25, 0.3) is 32.0 Å². The molecule has 0 fully saturated rings. The SMILES string of the molecule is CNCCNc1nc2sc(-c3ccc(F)cc3)nc2c2c1ncn2C. The predicted octanol–water partition coefficient (Wildman–Crippen LogP) is 3.02. The summed E-state index contributed by atoms with van der Waals surface area (Å²) < 4.78 is 15.1. The topological polar surface area (TPSA) is 67.7 Å². The van der Waals surface area contributed by atoms with E-state index in [1.54, 1.807) is 18.5 Å². The van der Waals surface area contributed by atoms with Crippen LogP contribution in [0.5, 0.6) is 0 Å². The smallest absolute Gasteiger partial charge is 0.156 e. The van der Waals surface area contributed by atoms with Crippen LogP contribution in [0.1, 0.15) is 0 Å². The Bertz CT molecular complexity index is 1040. The molecular formula is C17H17FN6S. The van der Waals surface area contributed by atoms with Crippen LogP contribution in [0, 0.1) is 5.82 Å². The van der Waals surface area contributed by atoms with E-state index in [4.69, 9.17) is 9.97 Å². The molecule has 0 saturated carbocycles. The molecule has 6 nitrogen and oxygen atoms in total. The number of likely N-dealkylation sites (N-methyl/N-ethyl adjacent to an activating group) is 1. The molecule has 0 aliphatic rings. The number of anilines is 1. The quantitative estimate of drug-likeness (QED) is 0.538. The highest BCUT2D eigenvalue weighted by Crippen LogP contribution is 2.35. The van der Waals surface area contributed by atoms with Crippen LogP contribution in [0.3, 0.4) is 0 Å². The second-order valence-corrected chi connectivity index (χ2v) is 6.70. The van der Waals surface area contributed by atoms with E-state index in [9.17, 15) is 4.39 Å². The van der Waals surface area contributed by atoms with Gasteiger partial charge in [-0.25, -0.2) is 19.3 Å². The van der Waals surface area contributed by atoms with Crippen molar-refractivity contribution in [3.05, 3.63) is 36.4 Å². The van der Waals surface area contributed by atoms with Gasteiger partial charge in [-0.2, -0.15) is 0 Å². The van der Waals surface area contributed by atoms with Gasteiger partial charge in [-0.05, 0) is 31.3 Å². The van der Waals surface area contributed by atoms with Gasteiger partial charge in [0, 0.05) is 25.7 Å². The van der Waals surface area contributed by atoms with Crippen molar-refractivity contribution >= 4 is 38.5 Å². The monoisotopic (exact) mass is 356 g/mol. The predicted molar refractivity (Wildman–Crippen MR) is 99.5 cm³/mol. The minimum absolute atomic E-state index is 0.256. The number of pyridine rings is 1. The molecule has 0 aliphatic heterocycles. The van der Waals surface area contributed by atoms with Crippen LogP contribution < -0.4 is 10.6 Å². The summed E-state index contributed by atoms with van der Waals surface area (Å²) in [7, 11) is 3.86. The van der Waals surface area contributed by atoms with E-state index in [-0.39, 0.29) is 5.82 Å². The zero-order valence-electron chi connectivity index (χ0n) is 13.9. The largest absolute Gasteiger partial charge is 0.367 e. The lowest BCUT2D eigenvalue weighted by Crippen LogP contribution is -2.18. The van der Waals surface area contributed by atoms with Crippen LogP contribution in [0.4, 0.5) is 10.2 Å². The number of halogens is 1. The van der Waals surface area contributed by atoms with Crippen molar-refractivity contribution in [2.24, 2.45) is 7.05 Å². The Morgan fingerprint density at radius 3 is 2.68 bits per heavy atom. The number of hydrogen-bond acceptors (Lipinski definition) is 6. The van der Waals surface area contributed by atoms with Gasteiger partial charge in [-0.3, -0.25) is 0 Å². The van der Waals surface area contributed by atoms with Gasteiger partial charge in [0.1, 0.15) is 32.2 Å². The molecule has 25 heavy (non-hydrogen) atoms. The van der Waals surface area contributed by atoms with Crippen molar-refractivity contribution in [1.29, 1.82) is 0 Å².